The Labute approximate surface area is 111 Å². The lowest BCUT2D eigenvalue weighted by Crippen LogP contribution is -1.99. The zero-order valence-corrected chi connectivity index (χ0v) is 11.0. The van der Waals surface area contributed by atoms with Crippen LogP contribution in [0, 0.1) is 18.3 Å². The van der Waals surface area contributed by atoms with E-state index in [0.717, 1.165) is 0 Å². The highest BCUT2D eigenvalue weighted by Crippen LogP contribution is 2.32. The van der Waals surface area contributed by atoms with Crippen LogP contribution in [-0.2, 0) is 7.05 Å². The van der Waals surface area contributed by atoms with Crippen LogP contribution in [0.25, 0.3) is 0 Å². The summed E-state index contributed by atoms with van der Waals surface area (Å²) in [5.74, 6) is 1.48. The minimum atomic E-state index is 0.372. The molecule has 6 heteroatoms. The van der Waals surface area contributed by atoms with E-state index in [0.29, 0.717) is 34.3 Å². The number of benzene rings is 1. The third-order valence-corrected chi connectivity index (χ3v) is 2.70. The molecule has 0 atom stereocenters. The van der Waals surface area contributed by atoms with Crippen LogP contribution >= 0.6 is 0 Å². The van der Waals surface area contributed by atoms with E-state index in [2.05, 4.69) is 11.2 Å². The molecule has 1 heterocycles. The number of nitriles is 1. The van der Waals surface area contributed by atoms with Crippen molar-refractivity contribution in [2.75, 3.05) is 12.8 Å². The molecule has 0 bridgehead atoms. The van der Waals surface area contributed by atoms with E-state index < -0.39 is 0 Å². The van der Waals surface area contributed by atoms with E-state index in [1.165, 1.54) is 4.68 Å². The van der Waals surface area contributed by atoms with Gasteiger partial charge in [0.25, 0.3) is 0 Å². The minimum Gasteiger partial charge on any atom is -0.497 e. The number of aryl methyl sites for hydroxylation is 2. The first-order valence-electron chi connectivity index (χ1n) is 5.62. The predicted molar refractivity (Wildman–Crippen MR) is 70.1 cm³/mol. The van der Waals surface area contributed by atoms with E-state index >= 15 is 0 Å². The van der Waals surface area contributed by atoms with Gasteiger partial charge in [0.05, 0.1) is 18.5 Å². The van der Waals surface area contributed by atoms with Gasteiger partial charge in [-0.1, -0.05) is 0 Å². The zero-order chi connectivity index (χ0) is 14.0. The Hall–Kier alpha value is -2.68. The molecule has 6 nitrogen and oxygen atoms in total. The Morgan fingerprint density at radius 1 is 1.42 bits per heavy atom. The van der Waals surface area contributed by atoms with Crippen molar-refractivity contribution in [2.24, 2.45) is 7.05 Å². The Kier molecular flexibility index (Phi) is 3.29. The lowest BCUT2D eigenvalue weighted by Gasteiger charge is -2.09. The molecule has 0 radical (unpaired) electrons. The fraction of sp³-hybridized carbons (Fsp3) is 0.231. The van der Waals surface area contributed by atoms with Crippen molar-refractivity contribution >= 4 is 5.69 Å². The van der Waals surface area contributed by atoms with Crippen LogP contribution in [-0.4, -0.2) is 16.9 Å². The lowest BCUT2D eigenvalue weighted by molar-refractivity contribution is 0.410. The number of hydrogen-bond donors (Lipinski definition) is 1. The summed E-state index contributed by atoms with van der Waals surface area (Å²) in [5, 5.41) is 13.3. The summed E-state index contributed by atoms with van der Waals surface area (Å²) in [6.07, 6.45) is 0. The Balaban J connectivity index is 2.40. The Bertz CT molecular complexity index is 655. The molecular formula is C13H14N4O2. The van der Waals surface area contributed by atoms with Crippen LogP contribution in [0.1, 0.15) is 11.3 Å². The van der Waals surface area contributed by atoms with Gasteiger partial charge in [-0.3, -0.25) is 0 Å². The monoisotopic (exact) mass is 258 g/mol. The SMILES string of the molecule is COc1ccc(Oc2c(C#N)c(C)nn2C)c(N)c1. The third kappa shape index (κ3) is 2.31. The standard InChI is InChI=1S/C13H14N4O2/c1-8-10(7-14)13(17(2)16-8)19-12-5-4-9(18-3)6-11(12)15/h4-6H,15H2,1-3H3. The molecule has 0 fully saturated rings. The molecule has 0 aliphatic heterocycles. The molecule has 0 saturated heterocycles. The number of nitrogens with zero attached hydrogens (tertiary/aromatic N) is 3. The summed E-state index contributed by atoms with van der Waals surface area (Å²) in [6, 6.07) is 7.16. The Morgan fingerprint density at radius 3 is 2.74 bits per heavy atom. The van der Waals surface area contributed by atoms with Crippen molar-refractivity contribution < 1.29 is 9.47 Å². The average Bonchev–Trinajstić information content (AvgIpc) is 2.66. The van der Waals surface area contributed by atoms with Crippen molar-refractivity contribution in [2.45, 2.75) is 6.92 Å². The molecular weight excluding hydrogens is 244 g/mol. The first-order chi connectivity index (χ1) is 9.06. The number of methoxy groups -OCH3 is 1. The second kappa shape index (κ2) is 4.90. The quantitative estimate of drug-likeness (QED) is 0.851. The largest absolute Gasteiger partial charge is 0.497 e. The first kappa shape index (κ1) is 12.8. The fourth-order valence-corrected chi connectivity index (χ4v) is 1.73. The number of aromatic nitrogens is 2. The van der Waals surface area contributed by atoms with E-state index in [4.69, 9.17) is 20.5 Å². The maximum Gasteiger partial charge on any atom is 0.235 e. The highest BCUT2D eigenvalue weighted by molar-refractivity contribution is 5.58. The van der Waals surface area contributed by atoms with Gasteiger partial charge < -0.3 is 15.2 Å². The smallest absolute Gasteiger partial charge is 0.235 e. The highest BCUT2D eigenvalue weighted by atomic mass is 16.5. The van der Waals surface area contributed by atoms with Crippen LogP contribution in [0.15, 0.2) is 18.2 Å². The number of nitrogen functional groups attached to an aromatic ring is 1. The number of hydrogen-bond acceptors (Lipinski definition) is 5. The van der Waals surface area contributed by atoms with Gasteiger partial charge in [0.2, 0.25) is 5.88 Å². The van der Waals surface area contributed by atoms with Crippen LogP contribution in [0.2, 0.25) is 0 Å². The van der Waals surface area contributed by atoms with Gasteiger partial charge >= 0.3 is 0 Å². The molecule has 0 aliphatic rings. The lowest BCUT2D eigenvalue weighted by atomic mass is 10.2. The normalized spacial score (nSPS) is 10.0. The van der Waals surface area contributed by atoms with Crippen molar-refractivity contribution in [3.05, 3.63) is 29.5 Å². The molecule has 0 unspecified atom stereocenters. The molecule has 2 N–H and O–H groups in total. The maximum absolute atomic E-state index is 9.11. The number of rotatable bonds is 3. The van der Waals surface area contributed by atoms with Gasteiger partial charge in [0, 0.05) is 13.1 Å². The summed E-state index contributed by atoms with van der Waals surface area (Å²) in [5.41, 5.74) is 7.33. The molecule has 0 saturated carbocycles. The van der Waals surface area contributed by atoms with Crippen LogP contribution < -0.4 is 15.2 Å². The van der Waals surface area contributed by atoms with Gasteiger partial charge in [-0.15, -0.1) is 0 Å². The molecule has 19 heavy (non-hydrogen) atoms. The average molecular weight is 258 g/mol. The Morgan fingerprint density at radius 2 is 2.16 bits per heavy atom. The third-order valence-electron chi connectivity index (χ3n) is 2.70. The molecule has 0 aliphatic carbocycles. The maximum atomic E-state index is 9.11. The molecule has 0 spiro atoms. The van der Waals surface area contributed by atoms with Gasteiger partial charge in [-0.25, -0.2) is 4.68 Å². The minimum absolute atomic E-state index is 0.372. The van der Waals surface area contributed by atoms with E-state index in [9.17, 15) is 0 Å². The molecule has 1 aromatic carbocycles. The second-order valence-electron chi connectivity index (χ2n) is 4.01. The number of ether oxygens (including phenoxy) is 2. The highest BCUT2D eigenvalue weighted by Gasteiger charge is 2.16. The van der Waals surface area contributed by atoms with Crippen molar-refractivity contribution in [1.29, 1.82) is 5.26 Å². The van der Waals surface area contributed by atoms with Gasteiger partial charge in [-0.05, 0) is 19.1 Å². The molecule has 0 amide bonds. The summed E-state index contributed by atoms with van der Waals surface area (Å²) >= 11 is 0. The summed E-state index contributed by atoms with van der Waals surface area (Å²) in [4.78, 5) is 0. The molecule has 1 aromatic heterocycles. The second-order valence-corrected chi connectivity index (χ2v) is 4.01. The van der Waals surface area contributed by atoms with Crippen molar-refractivity contribution in [3.63, 3.8) is 0 Å². The molecule has 2 aromatic rings. The van der Waals surface area contributed by atoms with Crippen LogP contribution in [0.5, 0.6) is 17.4 Å². The van der Waals surface area contributed by atoms with Crippen molar-refractivity contribution in [1.82, 2.24) is 9.78 Å². The van der Waals surface area contributed by atoms with Gasteiger partial charge in [-0.2, -0.15) is 10.4 Å². The van der Waals surface area contributed by atoms with Crippen LogP contribution in [0.3, 0.4) is 0 Å². The van der Waals surface area contributed by atoms with Gasteiger partial charge in [0.1, 0.15) is 17.4 Å². The fourth-order valence-electron chi connectivity index (χ4n) is 1.73. The zero-order valence-electron chi connectivity index (χ0n) is 11.0. The van der Waals surface area contributed by atoms with E-state index in [1.807, 2.05) is 0 Å². The molecule has 98 valence electrons. The summed E-state index contributed by atoms with van der Waals surface area (Å²) in [7, 11) is 3.27. The van der Waals surface area contributed by atoms with E-state index in [1.54, 1.807) is 39.3 Å². The summed E-state index contributed by atoms with van der Waals surface area (Å²) in [6.45, 7) is 1.75. The van der Waals surface area contributed by atoms with E-state index in [-0.39, 0.29) is 0 Å². The van der Waals surface area contributed by atoms with Crippen molar-refractivity contribution in [3.8, 4) is 23.4 Å². The summed E-state index contributed by atoms with van der Waals surface area (Å²) < 4.78 is 12.3. The van der Waals surface area contributed by atoms with Gasteiger partial charge in [0.15, 0.2) is 5.75 Å². The topological polar surface area (TPSA) is 86.1 Å². The first-order valence-corrected chi connectivity index (χ1v) is 5.62. The molecule has 2 rings (SSSR count). The number of nitrogens with two attached hydrogens (primary N) is 1. The predicted octanol–water partition coefficient (Wildman–Crippen LogP) is 1.98. The number of anilines is 1. The van der Waals surface area contributed by atoms with Crippen LogP contribution in [0.4, 0.5) is 5.69 Å².